The number of anilines is 1. The quantitative estimate of drug-likeness (QED) is 0.825. The van der Waals surface area contributed by atoms with Crippen LogP contribution in [0.3, 0.4) is 0 Å². The Bertz CT molecular complexity index is 514. The van der Waals surface area contributed by atoms with Gasteiger partial charge in [-0.3, -0.25) is 4.79 Å². The fourth-order valence-electron chi connectivity index (χ4n) is 1.87. The Balaban J connectivity index is 2.22. The molecule has 2 aromatic rings. The zero-order valence-corrected chi connectivity index (χ0v) is 9.63. The third-order valence-electron chi connectivity index (χ3n) is 2.67. The minimum absolute atomic E-state index is 0.213. The van der Waals surface area contributed by atoms with Gasteiger partial charge in [0.05, 0.1) is 5.69 Å². The number of Topliss-reactive ketones (excluding diaryl/α,β-unsaturated/α-hetero) is 1. The molecule has 2 rings (SSSR count). The summed E-state index contributed by atoms with van der Waals surface area (Å²) in [6, 6.07) is 8.16. The number of rotatable bonds is 4. The van der Waals surface area contributed by atoms with Crippen LogP contribution in [0.15, 0.2) is 24.3 Å². The van der Waals surface area contributed by atoms with Crippen molar-refractivity contribution in [3.05, 3.63) is 30.0 Å². The number of aromatic nitrogens is 1. The van der Waals surface area contributed by atoms with E-state index in [-0.39, 0.29) is 5.78 Å². The summed E-state index contributed by atoms with van der Waals surface area (Å²) in [5.74, 6) is 0.213. The highest BCUT2D eigenvalue weighted by molar-refractivity contribution is 5.94. The fourth-order valence-corrected chi connectivity index (χ4v) is 1.87. The first-order valence-electron chi connectivity index (χ1n) is 5.49. The molecule has 0 radical (unpaired) electrons. The van der Waals surface area contributed by atoms with Crippen LogP contribution < -0.4 is 5.32 Å². The number of hydrogen-bond donors (Lipinski definition) is 2. The van der Waals surface area contributed by atoms with Crippen molar-refractivity contribution in [2.24, 2.45) is 0 Å². The van der Waals surface area contributed by atoms with Gasteiger partial charge in [-0.2, -0.15) is 0 Å². The number of nitrogens with one attached hydrogen (secondary N) is 2. The predicted molar refractivity (Wildman–Crippen MR) is 66.8 cm³/mol. The molecule has 0 unspecified atom stereocenters. The van der Waals surface area contributed by atoms with Crippen LogP contribution in [0.5, 0.6) is 0 Å². The van der Waals surface area contributed by atoms with Crippen molar-refractivity contribution >= 4 is 22.4 Å². The highest BCUT2D eigenvalue weighted by Gasteiger charge is 2.06. The maximum absolute atomic E-state index is 10.9. The van der Waals surface area contributed by atoms with E-state index in [0.717, 1.165) is 16.9 Å². The Morgan fingerprint density at radius 3 is 2.88 bits per heavy atom. The predicted octanol–water partition coefficient (Wildman–Crippen LogP) is 2.87. The molecule has 2 N–H and O–H groups in total. The summed E-state index contributed by atoms with van der Waals surface area (Å²) >= 11 is 0. The number of carbonyl (C=O) groups excluding carboxylic acids is 1. The number of hydrogen-bond acceptors (Lipinski definition) is 2. The molecule has 0 fully saturated rings. The van der Waals surface area contributed by atoms with Crippen molar-refractivity contribution in [1.82, 2.24) is 4.98 Å². The summed E-state index contributed by atoms with van der Waals surface area (Å²) in [4.78, 5) is 14.2. The molecule has 0 aliphatic carbocycles. The van der Waals surface area contributed by atoms with Gasteiger partial charge in [0.25, 0.3) is 0 Å². The summed E-state index contributed by atoms with van der Waals surface area (Å²) in [6.45, 7) is 4.35. The standard InChI is InChI=1S/C13H16N2O/c1-9(16)7-8-14-13-10(2)15-12-6-4-3-5-11(12)13/h3-6,14-15H,7-8H2,1-2H3. The minimum atomic E-state index is 0.213. The lowest BCUT2D eigenvalue weighted by atomic mass is 10.2. The van der Waals surface area contributed by atoms with E-state index in [1.807, 2.05) is 19.1 Å². The molecule has 3 nitrogen and oxygen atoms in total. The topological polar surface area (TPSA) is 44.9 Å². The van der Waals surface area contributed by atoms with Gasteiger partial charge < -0.3 is 10.3 Å². The summed E-state index contributed by atoms with van der Waals surface area (Å²) in [7, 11) is 0. The van der Waals surface area contributed by atoms with E-state index in [4.69, 9.17) is 0 Å². The van der Waals surface area contributed by atoms with Gasteiger partial charge >= 0.3 is 0 Å². The molecule has 3 heteroatoms. The molecule has 0 amide bonds. The van der Waals surface area contributed by atoms with Gasteiger partial charge in [-0.15, -0.1) is 0 Å². The number of para-hydroxylation sites is 1. The van der Waals surface area contributed by atoms with Crippen LogP contribution in [0.25, 0.3) is 10.9 Å². The second-order valence-electron chi connectivity index (χ2n) is 4.05. The van der Waals surface area contributed by atoms with Crippen LogP contribution in [-0.4, -0.2) is 17.3 Å². The Labute approximate surface area is 94.9 Å². The van der Waals surface area contributed by atoms with Crippen LogP contribution >= 0.6 is 0 Å². The van der Waals surface area contributed by atoms with Crippen molar-refractivity contribution in [1.29, 1.82) is 0 Å². The number of H-pyrrole nitrogens is 1. The van der Waals surface area contributed by atoms with Gasteiger partial charge in [-0.05, 0) is 19.9 Å². The molecular formula is C13H16N2O. The molecule has 1 aromatic heterocycles. The third kappa shape index (κ3) is 2.08. The lowest BCUT2D eigenvalue weighted by Gasteiger charge is -2.04. The second-order valence-corrected chi connectivity index (χ2v) is 4.05. The van der Waals surface area contributed by atoms with Gasteiger partial charge in [-0.1, -0.05) is 18.2 Å². The maximum Gasteiger partial charge on any atom is 0.131 e. The molecular weight excluding hydrogens is 200 g/mol. The smallest absolute Gasteiger partial charge is 0.131 e. The maximum atomic E-state index is 10.9. The van der Waals surface area contributed by atoms with E-state index in [0.29, 0.717) is 13.0 Å². The van der Waals surface area contributed by atoms with Crippen molar-refractivity contribution in [3.8, 4) is 0 Å². The van der Waals surface area contributed by atoms with Crippen molar-refractivity contribution in [3.63, 3.8) is 0 Å². The second kappa shape index (κ2) is 4.39. The zero-order chi connectivity index (χ0) is 11.5. The molecule has 16 heavy (non-hydrogen) atoms. The Hall–Kier alpha value is -1.77. The Morgan fingerprint density at radius 1 is 1.38 bits per heavy atom. The highest BCUT2D eigenvalue weighted by atomic mass is 16.1. The van der Waals surface area contributed by atoms with Crippen molar-refractivity contribution in [2.45, 2.75) is 20.3 Å². The van der Waals surface area contributed by atoms with E-state index < -0.39 is 0 Å². The van der Waals surface area contributed by atoms with Crippen LogP contribution in [0.4, 0.5) is 5.69 Å². The van der Waals surface area contributed by atoms with Crippen molar-refractivity contribution < 1.29 is 4.79 Å². The summed E-state index contributed by atoms with van der Waals surface area (Å²) in [6.07, 6.45) is 0.568. The van der Waals surface area contributed by atoms with Gasteiger partial charge in [0.15, 0.2) is 0 Å². The SMILES string of the molecule is CC(=O)CCNc1c(C)[nH]c2ccccc12. The highest BCUT2D eigenvalue weighted by Crippen LogP contribution is 2.26. The molecule has 0 bridgehead atoms. The average molecular weight is 216 g/mol. The van der Waals surface area contributed by atoms with Gasteiger partial charge in [0.1, 0.15) is 5.78 Å². The van der Waals surface area contributed by atoms with Gasteiger partial charge in [0, 0.05) is 29.6 Å². The molecule has 84 valence electrons. The normalized spacial score (nSPS) is 10.6. The van der Waals surface area contributed by atoms with E-state index in [2.05, 4.69) is 22.4 Å². The average Bonchev–Trinajstić information content (AvgIpc) is 2.55. The molecule has 0 aliphatic heterocycles. The van der Waals surface area contributed by atoms with Gasteiger partial charge in [-0.25, -0.2) is 0 Å². The largest absolute Gasteiger partial charge is 0.383 e. The Kier molecular flexibility index (Phi) is 2.95. The van der Waals surface area contributed by atoms with E-state index in [9.17, 15) is 4.79 Å². The van der Waals surface area contributed by atoms with Crippen molar-refractivity contribution in [2.75, 3.05) is 11.9 Å². The number of aryl methyl sites for hydroxylation is 1. The molecule has 1 aromatic carbocycles. The fraction of sp³-hybridized carbons (Fsp3) is 0.308. The monoisotopic (exact) mass is 216 g/mol. The number of fused-ring (bicyclic) bond motifs is 1. The first-order chi connectivity index (χ1) is 7.68. The summed E-state index contributed by atoms with van der Waals surface area (Å²) in [5, 5.41) is 4.50. The number of ketones is 1. The summed E-state index contributed by atoms with van der Waals surface area (Å²) in [5.41, 5.74) is 3.35. The van der Waals surface area contributed by atoms with Crippen LogP contribution in [-0.2, 0) is 4.79 Å². The molecule has 0 atom stereocenters. The molecule has 0 saturated carbocycles. The third-order valence-corrected chi connectivity index (χ3v) is 2.67. The minimum Gasteiger partial charge on any atom is -0.383 e. The molecule has 1 heterocycles. The van der Waals surface area contributed by atoms with E-state index in [1.54, 1.807) is 6.92 Å². The number of benzene rings is 1. The Morgan fingerprint density at radius 2 is 2.12 bits per heavy atom. The first-order valence-corrected chi connectivity index (χ1v) is 5.49. The van der Waals surface area contributed by atoms with Crippen LogP contribution in [0, 0.1) is 6.92 Å². The number of aromatic amines is 1. The molecule has 0 spiro atoms. The first kappa shape index (κ1) is 10.7. The summed E-state index contributed by atoms with van der Waals surface area (Å²) < 4.78 is 0. The number of carbonyl (C=O) groups is 1. The van der Waals surface area contributed by atoms with Gasteiger partial charge in [0.2, 0.25) is 0 Å². The lowest BCUT2D eigenvalue weighted by Crippen LogP contribution is -2.06. The zero-order valence-electron chi connectivity index (χ0n) is 9.63. The van der Waals surface area contributed by atoms with Crippen LogP contribution in [0.1, 0.15) is 19.0 Å². The van der Waals surface area contributed by atoms with E-state index >= 15 is 0 Å². The molecule has 0 saturated heterocycles. The van der Waals surface area contributed by atoms with E-state index in [1.165, 1.54) is 5.39 Å². The lowest BCUT2D eigenvalue weighted by molar-refractivity contribution is -0.116. The molecule has 0 aliphatic rings. The van der Waals surface area contributed by atoms with Crippen LogP contribution in [0.2, 0.25) is 0 Å².